The lowest BCUT2D eigenvalue weighted by Crippen LogP contribution is -2.38. The van der Waals surface area contributed by atoms with Gasteiger partial charge in [0.25, 0.3) is 0 Å². The second-order valence-electron chi connectivity index (χ2n) is 11.0. The molecule has 2 atom stereocenters. The highest BCUT2D eigenvalue weighted by atomic mass is 16.6. The molecule has 0 radical (unpaired) electrons. The lowest BCUT2D eigenvalue weighted by atomic mass is 10.1. The van der Waals surface area contributed by atoms with E-state index in [1.54, 1.807) is 14.2 Å². The lowest BCUT2D eigenvalue weighted by Gasteiger charge is -2.20. The number of nitrogens with one attached hydrogen (secondary N) is 2. The van der Waals surface area contributed by atoms with E-state index in [0.717, 1.165) is 36.1 Å². The summed E-state index contributed by atoms with van der Waals surface area (Å²) in [4.78, 5) is 25.2. The number of hydrogen-bond donors (Lipinski definition) is 2. The molecule has 0 spiro atoms. The molecule has 10 nitrogen and oxygen atoms in total. The van der Waals surface area contributed by atoms with Crippen LogP contribution in [0.5, 0.6) is 11.5 Å². The van der Waals surface area contributed by atoms with E-state index in [4.69, 9.17) is 28.4 Å². The summed E-state index contributed by atoms with van der Waals surface area (Å²) < 4.78 is 33.2. The summed E-state index contributed by atoms with van der Waals surface area (Å²) in [7, 11) is 3.35. The number of benzene rings is 2. The predicted octanol–water partition coefficient (Wildman–Crippen LogP) is 3.90. The van der Waals surface area contributed by atoms with E-state index < -0.39 is 24.1 Å². The molecular weight excluding hydrogens is 564 g/mol. The van der Waals surface area contributed by atoms with E-state index in [2.05, 4.69) is 10.6 Å². The van der Waals surface area contributed by atoms with Gasteiger partial charge >= 0.3 is 11.9 Å². The van der Waals surface area contributed by atoms with Gasteiger partial charge in [0.05, 0.1) is 13.2 Å². The standard InChI is InChI=1S/C34H50N2O8/c1-25(2)35-21-31(23-41-29-11-7-27(8-12-29)17-19-39-5)43-33(37)15-16-34(38)44-32(22-36-26(3)4)24-42-30-13-9-28(10-14-30)18-20-40-6/h7-16,25-26,31-32,35-36H,17-24H2,1-6H3/b16-15+. The molecule has 0 aliphatic rings. The Balaban J connectivity index is 1.91. The summed E-state index contributed by atoms with van der Waals surface area (Å²) in [6.45, 7) is 10.4. The van der Waals surface area contributed by atoms with E-state index in [0.29, 0.717) is 37.8 Å². The van der Waals surface area contributed by atoms with Crippen molar-refractivity contribution in [1.29, 1.82) is 0 Å². The van der Waals surface area contributed by atoms with E-state index in [9.17, 15) is 9.59 Å². The monoisotopic (exact) mass is 614 g/mol. The second-order valence-corrected chi connectivity index (χ2v) is 11.0. The van der Waals surface area contributed by atoms with E-state index in [1.165, 1.54) is 0 Å². The summed E-state index contributed by atoms with van der Waals surface area (Å²) in [5, 5.41) is 6.52. The fourth-order valence-corrected chi connectivity index (χ4v) is 3.87. The Bertz CT molecular complexity index is 1020. The van der Waals surface area contributed by atoms with Crippen LogP contribution < -0.4 is 20.1 Å². The molecule has 0 saturated heterocycles. The third-order valence-electron chi connectivity index (χ3n) is 6.34. The minimum Gasteiger partial charge on any atom is -0.490 e. The molecule has 2 aromatic rings. The highest BCUT2D eigenvalue weighted by Crippen LogP contribution is 2.15. The fourth-order valence-electron chi connectivity index (χ4n) is 3.87. The highest BCUT2D eigenvalue weighted by Gasteiger charge is 2.17. The molecule has 10 heteroatoms. The summed E-state index contributed by atoms with van der Waals surface area (Å²) >= 11 is 0. The first-order chi connectivity index (χ1) is 21.2. The Hall–Kier alpha value is -3.44. The van der Waals surface area contributed by atoms with Crippen LogP contribution in [0.2, 0.25) is 0 Å². The average molecular weight is 615 g/mol. The van der Waals surface area contributed by atoms with E-state index in [-0.39, 0.29) is 25.3 Å². The first-order valence-electron chi connectivity index (χ1n) is 15.2. The Labute approximate surface area is 262 Å². The summed E-state index contributed by atoms with van der Waals surface area (Å²) in [5.74, 6) is -0.00208. The van der Waals surface area contributed by atoms with Crippen LogP contribution in [0, 0.1) is 0 Å². The molecule has 0 fully saturated rings. The van der Waals surface area contributed by atoms with Crippen LogP contribution in [-0.4, -0.2) is 90.0 Å². The minimum atomic E-state index is -0.669. The van der Waals surface area contributed by atoms with Gasteiger partial charge in [-0.05, 0) is 48.2 Å². The van der Waals surface area contributed by atoms with Gasteiger partial charge in [-0.3, -0.25) is 0 Å². The highest BCUT2D eigenvalue weighted by molar-refractivity contribution is 5.91. The quantitative estimate of drug-likeness (QED) is 0.150. The number of carbonyl (C=O) groups is 2. The first kappa shape index (κ1) is 36.8. The van der Waals surface area contributed by atoms with Crippen molar-refractivity contribution in [2.75, 3.05) is 53.7 Å². The normalized spacial score (nSPS) is 12.8. The molecule has 2 N–H and O–H groups in total. The Morgan fingerprint density at radius 1 is 0.636 bits per heavy atom. The summed E-state index contributed by atoms with van der Waals surface area (Å²) in [5.41, 5.74) is 2.28. The number of rotatable bonds is 22. The number of esters is 2. The van der Waals surface area contributed by atoms with E-state index >= 15 is 0 Å². The Kier molecular flexibility index (Phi) is 17.8. The van der Waals surface area contributed by atoms with Crippen molar-refractivity contribution in [2.45, 2.75) is 64.8 Å². The molecule has 0 saturated carbocycles. The van der Waals surface area contributed by atoms with Crippen LogP contribution in [0.15, 0.2) is 60.7 Å². The molecule has 2 aromatic carbocycles. The van der Waals surface area contributed by atoms with Crippen molar-refractivity contribution in [3.8, 4) is 11.5 Å². The number of ether oxygens (including phenoxy) is 6. The SMILES string of the molecule is COCCc1ccc(OCC(CNC(C)C)OC(=O)/C=C/C(=O)OC(CNC(C)C)COc2ccc(CCOC)cc2)cc1. The number of carbonyl (C=O) groups excluding carboxylic acids is 2. The minimum absolute atomic E-state index is 0.148. The van der Waals surface area contributed by atoms with Crippen molar-refractivity contribution in [3.05, 3.63) is 71.8 Å². The predicted molar refractivity (Wildman–Crippen MR) is 170 cm³/mol. The van der Waals surface area contributed by atoms with Crippen LogP contribution in [0.4, 0.5) is 0 Å². The van der Waals surface area contributed by atoms with Gasteiger partial charge in [-0.25, -0.2) is 9.59 Å². The van der Waals surface area contributed by atoms with Crippen LogP contribution >= 0.6 is 0 Å². The van der Waals surface area contributed by atoms with Crippen molar-refractivity contribution in [3.63, 3.8) is 0 Å². The molecule has 0 heterocycles. The maximum atomic E-state index is 12.6. The van der Waals surface area contributed by atoms with Gasteiger partial charge in [0, 0.05) is 51.5 Å². The summed E-state index contributed by atoms with van der Waals surface area (Å²) in [6.07, 6.45) is 2.63. The Morgan fingerprint density at radius 3 is 1.32 bits per heavy atom. The van der Waals surface area contributed by atoms with Gasteiger partial charge in [0.1, 0.15) is 36.9 Å². The van der Waals surface area contributed by atoms with Crippen LogP contribution in [0.1, 0.15) is 38.8 Å². The molecule has 2 unspecified atom stereocenters. The zero-order chi connectivity index (χ0) is 32.2. The van der Waals surface area contributed by atoms with Gasteiger partial charge in [0.2, 0.25) is 0 Å². The van der Waals surface area contributed by atoms with Gasteiger partial charge < -0.3 is 39.1 Å². The van der Waals surface area contributed by atoms with Crippen molar-refractivity contribution >= 4 is 11.9 Å². The fraction of sp³-hybridized carbons (Fsp3) is 0.529. The third kappa shape index (κ3) is 16.4. The molecule has 0 aliphatic carbocycles. The zero-order valence-electron chi connectivity index (χ0n) is 27.0. The Morgan fingerprint density at radius 2 is 1.00 bits per heavy atom. The zero-order valence-corrected chi connectivity index (χ0v) is 27.0. The maximum Gasteiger partial charge on any atom is 0.331 e. The lowest BCUT2D eigenvalue weighted by molar-refractivity contribution is -0.147. The molecule has 244 valence electrons. The van der Waals surface area contributed by atoms with Gasteiger partial charge in [-0.2, -0.15) is 0 Å². The van der Waals surface area contributed by atoms with Crippen molar-refractivity contribution < 1.29 is 38.0 Å². The van der Waals surface area contributed by atoms with E-state index in [1.807, 2.05) is 76.2 Å². The van der Waals surface area contributed by atoms with Gasteiger partial charge in [0.15, 0.2) is 0 Å². The third-order valence-corrected chi connectivity index (χ3v) is 6.34. The second kappa shape index (κ2) is 21.3. The summed E-state index contributed by atoms with van der Waals surface area (Å²) in [6, 6.07) is 15.8. The number of hydrogen-bond acceptors (Lipinski definition) is 10. The van der Waals surface area contributed by atoms with Crippen LogP contribution in [0.3, 0.4) is 0 Å². The smallest absolute Gasteiger partial charge is 0.331 e. The van der Waals surface area contributed by atoms with Crippen molar-refractivity contribution in [1.82, 2.24) is 10.6 Å². The van der Waals surface area contributed by atoms with Gasteiger partial charge in [-0.1, -0.05) is 52.0 Å². The largest absolute Gasteiger partial charge is 0.490 e. The first-order valence-corrected chi connectivity index (χ1v) is 15.2. The van der Waals surface area contributed by atoms with Crippen molar-refractivity contribution in [2.24, 2.45) is 0 Å². The average Bonchev–Trinajstić information content (AvgIpc) is 3.01. The molecule has 44 heavy (non-hydrogen) atoms. The number of methoxy groups -OCH3 is 2. The molecule has 2 rings (SSSR count). The topological polar surface area (TPSA) is 114 Å². The molecular formula is C34H50N2O8. The molecule has 0 aromatic heterocycles. The van der Waals surface area contributed by atoms with Crippen LogP contribution in [0.25, 0.3) is 0 Å². The molecule has 0 amide bonds. The van der Waals surface area contributed by atoms with Gasteiger partial charge in [-0.15, -0.1) is 0 Å². The van der Waals surface area contributed by atoms with Crippen LogP contribution in [-0.2, 0) is 41.4 Å². The molecule has 0 bridgehead atoms. The molecule has 0 aliphatic heterocycles. The maximum absolute atomic E-state index is 12.6.